The molecule has 0 spiro atoms. The van der Waals surface area contributed by atoms with Gasteiger partial charge in [0.25, 0.3) is 5.91 Å². The van der Waals surface area contributed by atoms with Crippen molar-refractivity contribution in [3.8, 4) is 0 Å². The number of hydrogen-bond acceptors (Lipinski definition) is 6. The van der Waals surface area contributed by atoms with Crippen LogP contribution in [0.1, 0.15) is 57.8 Å². The minimum Gasteiger partial charge on any atom is -0.452 e. The maximum Gasteiger partial charge on any atom is 0.410 e. The van der Waals surface area contributed by atoms with E-state index in [0.29, 0.717) is 37.2 Å². The molecule has 1 aliphatic heterocycles. The van der Waals surface area contributed by atoms with Crippen LogP contribution in [-0.2, 0) is 19.1 Å². The van der Waals surface area contributed by atoms with Crippen molar-refractivity contribution < 1.29 is 28.7 Å². The van der Waals surface area contributed by atoms with Crippen molar-refractivity contribution in [1.82, 2.24) is 4.90 Å². The summed E-state index contributed by atoms with van der Waals surface area (Å²) < 4.78 is 10.7. The molecule has 0 aromatic heterocycles. The lowest BCUT2D eigenvalue weighted by molar-refractivity contribution is -0.158. The summed E-state index contributed by atoms with van der Waals surface area (Å²) >= 11 is 0. The molecule has 1 fully saturated rings. The van der Waals surface area contributed by atoms with Gasteiger partial charge in [0.15, 0.2) is 11.9 Å². The van der Waals surface area contributed by atoms with Crippen LogP contribution in [0.4, 0.5) is 10.5 Å². The number of carbonyl (C=O) groups is 4. The van der Waals surface area contributed by atoms with E-state index in [-0.39, 0.29) is 11.7 Å². The van der Waals surface area contributed by atoms with E-state index in [1.165, 1.54) is 13.8 Å². The van der Waals surface area contributed by atoms with Gasteiger partial charge in [-0.05, 0) is 71.7 Å². The number of carbonyl (C=O) groups excluding carboxylic acids is 4. The minimum absolute atomic E-state index is 0.0621. The Morgan fingerprint density at radius 2 is 1.63 bits per heavy atom. The highest BCUT2D eigenvalue weighted by atomic mass is 16.6. The van der Waals surface area contributed by atoms with Gasteiger partial charge in [0.05, 0.1) is 5.92 Å². The number of amides is 2. The lowest BCUT2D eigenvalue weighted by Crippen LogP contribution is -2.43. The van der Waals surface area contributed by atoms with Crippen molar-refractivity contribution in [2.45, 2.75) is 59.2 Å². The van der Waals surface area contributed by atoms with Crippen LogP contribution < -0.4 is 5.32 Å². The number of benzene rings is 1. The van der Waals surface area contributed by atoms with Gasteiger partial charge in [-0.2, -0.15) is 0 Å². The fourth-order valence-electron chi connectivity index (χ4n) is 2.98. The van der Waals surface area contributed by atoms with Crippen LogP contribution in [0.15, 0.2) is 24.3 Å². The van der Waals surface area contributed by atoms with Crippen molar-refractivity contribution >= 4 is 29.4 Å². The molecular weight excluding hydrogens is 388 g/mol. The summed E-state index contributed by atoms with van der Waals surface area (Å²) in [6.07, 6.45) is -0.440. The summed E-state index contributed by atoms with van der Waals surface area (Å²) in [4.78, 5) is 49.7. The molecule has 0 radical (unpaired) electrons. The average molecular weight is 418 g/mol. The third-order valence-electron chi connectivity index (χ3n) is 4.70. The number of rotatable bonds is 5. The number of hydrogen-bond donors (Lipinski definition) is 1. The number of nitrogens with zero attached hydrogens (tertiary/aromatic N) is 1. The number of likely N-dealkylation sites (tertiary alicyclic amines) is 1. The monoisotopic (exact) mass is 418 g/mol. The van der Waals surface area contributed by atoms with Crippen LogP contribution in [0.25, 0.3) is 0 Å². The molecule has 1 aromatic carbocycles. The zero-order valence-corrected chi connectivity index (χ0v) is 18.2. The van der Waals surface area contributed by atoms with Crippen LogP contribution in [-0.4, -0.2) is 53.4 Å². The maximum absolute atomic E-state index is 12.4. The van der Waals surface area contributed by atoms with Crippen molar-refractivity contribution in [1.29, 1.82) is 0 Å². The molecule has 2 amide bonds. The summed E-state index contributed by atoms with van der Waals surface area (Å²) in [6, 6.07) is 6.48. The molecule has 0 saturated carbocycles. The lowest BCUT2D eigenvalue weighted by atomic mass is 9.97. The van der Waals surface area contributed by atoms with Gasteiger partial charge in [0, 0.05) is 24.3 Å². The van der Waals surface area contributed by atoms with Crippen LogP contribution in [0.2, 0.25) is 0 Å². The molecule has 1 atom stereocenters. The van der Waals surface area contributed by atoms with Crippen molar-refractivity contribution in [2.24, 2.45) is 5.92 Å². The lowest BCUT2D eigenvalue weighted by Gasteiger charge is -2.32. The van der Waals surface area contributed by atoms with Crippen LogP contribution in [0, 0.1) is 5.92 Å². The van der Waals surface area contributed by atoms with Crippen molar-refractivity contribution in [2.75, 3.05) is 18.4 Å². The molecule has 8 heteroatoms. The molecule has 164 valence electrons. The fourth-order valence-corrected chi connectivity index (χ4v) is 2.98. The number of ketones is 1. The van der Waals surface area contributed by atoms with E-state index in [4.69, 9.17) is 9.47 Å². The molecule has 1 aromatic rings. The van der Waals surface area contributed by atoms with E-state index in [1.54, 1.807) is 49.9 Å². The van der Waals surface area contributed by atoms with Crippen LogP contribution in [0.5, 0.6) is 0 Å². The van der Waals surface area contributed by atoms with E-state index in [9.17, 15) is 19.2 Å². The number of piperidine rings is 1. The molecule has 1 saturated heterocycles. The van der Waals surface area contributed by atoms with E-state index in [2.05, 4.69) is 5.32 Å². The Morgan fingerprint density at radius 3 is 2.13 bits per heavy atom. The van der Waals surface area contributed by atoms with Gasteiger partial charge in [-0.15, -0.1) is 0 Å². The Hall–Kier alpha value is -2.90. The topological polar surface area (TPSA) is 102 Å². The molecule has 30 heavy (non-hydrogen) atoms. The molecule has 1 aliphatic rings. The molecule has 8 nitrogen and oxygen atoms in total. The summed E-state index contributed by atoms with van der Waals surface area (Å²) in [7, 11) is 0. The van der Waals surface area contributed by atoms with E-state index in [0.717, 1.165) is 0 Å². The predicted molar refractivity (Wildman–Crippen MR) is 111 cm³/mol. The van der Waals surface area contributed by atoms with Gasteiger partial charge in [0.1, 0.15) is 5.60 Å². The summed E-state index contributed by atoms with van der Waals surface area (Å²) in [5.41, 5.74) is 0.492. The second-order valence-electron chi connectivity index (χ2n) is 8.44. The maximum atomic E-state index is 12.4. The zero-order valence-electron chi connectivity index (χ0n) is 18.2. The molecular formula is C22H30N2O6. The normalized spacial score (nSPS) is 15.8. The van der Waals surface area contributed by atoms with Gasteiger partial charge in [-0.1, -0.05) is 0 Å². The molecule has 0 bridgehead atoms. The Balaban J connectivity index is 1.80. The predicted octanol–water partition coefficient (Wildman–Crippen LogP) is 3.41. The average Bonchev–Trinajstić information content (AvgIpc) is 2.67. The second-order valence-corrected chi connectivity index (χ2v) is 8.44. The number of Topliss-reactive ketones (excluding diaryl/α,β-unsaturated/α-hetero) is 1. The summed E-state index contributed by atoms with van der Waals surface area (Å²) in [6.45, 7) is 9.19. The Bertz CT molecular complexity index is 789. The highest BCUT2D eigenvalue weighted by Gasteiger charge is 2.32. The molecule has 0 aliphatic carbocycles. The second kappa shape index (κ2) is 9.73. The van der Waals surface area contributed by atoms with Gasteiger partial charge >= 0.3 is 12.1 Å². The van der Waals surface area contributed by atoms with E-state index >= 15 is 0 Å². The largest absolute Gasteiger partial charge is 0.452 e. The first-order chi connectivity index (χ1) is 14.0. The highest BCUT2D eigenvalue weighted by molar-refractivity contribution is 5.97. The molecule has 2 rings (SSSR count). The zero-order chi connectivity index (χ0) is 22.5. The smallest absolute Gasteiger partial charge is 0.410 e. The van der Waals surface area contributed by atoms with E-state index in [1.807, 2.05) is 0 Å². The standard InChI is InChI=1S/C22H30N2O6/c1-14(25)16-6-8-18(9-7-16)23-19(26)15(2)29-20(27)17-10-12-24(13-11-17)21(28)30-22(3,4)5/h6-9,15,17H,10-13H2,1-5H3,(H,23,26)/t15-/m1/s1. The first-order valence-corrected chi connectivity index (χ1v) is 10.1. The minimum atomic E-state index is -0.964. The van der Waals surface area contributed by atoms with Gasteiger partial charge in [0.2, 0.25) is 0 Å². The Labute approximate surface area is 176 Å². The van der Waals surface area contributed by atoms with E-state index < -0.39 is 29.7 Å². The third-order valence-corrected chi connectivity index (χ3v) is 4.70. The van der Waals surface area contributed by atoms with Crippen molar-refractivity contribution in [3.63, 3.8) is 0 Å². The van der Waals surface area contributed by atoms with Crippen LogP contribution in [0.3, 0.4) is 0 Å². The Morgan fingerprint density at radius 1 is 1.07 bits per heavy atom. The summed E-state index contributed by atoms with van der Waals surface area (Å²) in [5.74, 6) is -1.33. The molecule has 1 heterocycles. The third kappa shape index (κ3) is 6.86. The van der Waals surface area contributed by atoms with Gasteiger partial charge < -0.3 is 19.7 Å². The van der Waals surface area contributed by atoms with Gasteiger partial charge in [-0.25, -0.2) is 4.79 Å². The number of anilines is 1. The SMILES string of the molecule is CC(=O)c1ccc(NC(=O)[C@@H](C)OC(=O)C2CCN(C(=O)OC(C)(C)C)CC2)cc1. The quantitative estimate of drug-likeness (QED) is 0.581. The van der Waals surface area contributed by atoms with Crippen LogP contribution >= 0.6 is 0 Å². The van der Waals surface area contributed by atoms with Crippen molar-refractivity contribution in [3.05, 3.63) is 29.8 Å². The number of esters is 1. The fraction of sp³-hybridized carbons (Fsp3) is 0.545. The first kappa shape index (κ1) is 23.4. The molecule has 1 N–H and O–H groups in total. The Kier molecular flexibility index (Phi) is 7.59. The summed E-state index contributed by atoms with van der Waals surface area (Å²) in [5, 5.41) is 2.66. The number of ether oxygens (including phenoxy) is 2. The first-order valence-electron chi connectivity index (χ1n) is 10.1. The number of nitrogens with one attached hydrogen (secondary N) is 1. The molecule has 0 unspecified atom stereocenters. The highest BCUT2D eigenvalue weighted by Crippen LogP contribution is 2.21. The van der Waals surface area contributed by atoms with Gasteiger partial charge in [-0.3, -0.25) is 14.4 Å².